The fourth-order valence-electron chi connectivity index (χ4n) is 4.09. The molecule has 2 atom stereocenters. The third-order valence-corrected chi connectivity index (χ3v) is 6.38. The van der Waals surface area contributed by atoms with Gasteiger partial charge in [0.1, 0.15) is 5.75 Å². The van der Waals surface area contributed by atoms with E-state index in [1.54, 1.807) is 0 Å². The lowest BCUT2D eigenvalue weighted by Gasteiger charge is -2.27. The summed E-state index contributed by atoms with van der Waals surface area (Å²) in [6.07, 6.45) is 13.1. The number of aliphatic hydroxyl groups is 1. The SMILES string of the molecule is CC(C)CCCC(C)CCCCOc1ccc(CC[C@@](N)(CO)CC2CC2)cc1. The maximum absolute atomic E-state index is 9.68. The van der Waals surface area contributed by atoms with Crippen LogP contribution in [0.1, 0.15) is 90.5 Å². The van der Waals surface area contributed by atoms with E-state index in [9.17, 15) is 5.11 Å². The van der Waals surface area contributed by atoms with Crippen LogP contribution in [-0.4, -0.2) is 23.9 Å². The fourth-order valence-corrected chi connectivity index (χ4v) is 4.09. The first-order valence-electron chi connectivity index (χ1n) is 12.0. The Balaban J connectivity index is 1.57. The highest BCUT2D eigenvalue weighted by Crippen LogP contribution is 2.37. The molecule has 2 rings (SSSR count). The molecule has 0 aromatic heterocycles. The molecule has 3 nitrogen and oxygen atoms in total. The second-order valence-corrected chi connectivity index (χ2v) is 10.1. The summed E-state index contributed by atoms with van der Waals surface area (Å²) in [6, 6.07) is 8.42. The summed E-state index contributed by atoms with van der Waals surface area (Å²) in [4.78, 5) is 0. The number of ether oxygens (including phenoxy) is 1. The first kappa shape index (κ1) is 24.2. The topological polar surface area (TPSA) is 55.5 Å². The van der Waals surface area contributed by atoms with Crippen molar-refractivity contribution in [1.82, 2.24) is 0 Å². The number of hydrogen-bond acceptors (Lipinski definition) is 3. The molecule has 0 saturated heterocycles. The summed E-state index contributed by atoms with van der Waals surface area (Å²) in [5.41, 5.74) is 7.25. The van der Waals surface area contributed by atoms with Crippen LogP contribution in [0.3, 0.4) is 0 Å². The van der Waals surface area contributed by atoms with Gasteiger partial charge in [-0.15, -0.1) is 0 Å². The molecule has 3 N–H and O–H groups in total. The Kier molecular flexibility index (Phi) is 10.5. The monoisotopic (exact) mass is 403 g/mol. The van der Waals surface area contributed by atoms with E-state index in [0.29, 0.717) is 0 Å². The van der Waals surface area contributed by atoms with E-state index in [0.717, 1.165) is 55.8 Å². The van der Waals surface area contributed by atoms with Crippen molar-refractivity contribution in [3.05, 3.63) is 29.8 Å². The number of aliphatic hydroxyl groups excluding tert-OH is 1. The molecule has 0 radical (unpaired) electrons. The van der Waals surface area contributed by atoms with E-state index in [1.165, 1.54) is 50.5 Å². The minimum absolute atomic E-state index is 0.0844. The molecule has 1 unspecified atom stereocenters. The number of hydrogen-bond donors (Lipinski definition) is 2. The van der Waals surface area contributed by atoms with Gasteiger partial charge in [-0.05, 0) is 67.6 Å². The minimum Gasteiger partial charge on any atom is -0.494 e. The highest BCUT2D eigenvalue weighted by atomic mass is 16.5. The largest absolute Gasteiger partial charge is 0.494 e. The predicted molar refractivity (Wildman–Crippen MR) is 123 cm³/mol. The zero-order valence-corrected chi connectivity index (χ0v) is 19.2. The molecule has 1 aromatic rings. The standard InChI is InChI=1S/C26H45NO2/c1-21(2)7-6-9-22(3)8-4-5-18-29-25-14-12-23(13-15-25)16-17-26(27,20-28)19-24-10-11-24/h12-15,21-22,24,28H,4-11,16-20,27H2,1-3H3/t22?,26-/m0/s1. The van der Waals surface area contributed by atoms with Crippen LogP contribution in [0.25, 0.3) is 0 Å². The Morgan fingerprint density at radius 1 is 1.03 bits per heavy atom. The number of rotatable bonds is 16. The van der Waals surface area contributed by atoms with E-state index >= 15 is 0 Å². The number of unbranched alkanes of at least 4 members (excludes halogenated alkanes) is 1. The third-order valence-electron chi connectivity index (χ3n) is 6.38. The summed E-state index contributed by atoms with van der Waals surface area (Å²) in [6.45, 7) is 7.89. The quantitative estimate of drug-likeness (QED) is 0.327. The average Bonchev–Trinajstić information content (AvgIpc) is 3.50. The van der Waals surface area contributed by atoms with Crippen LogP contribution < -0.4 is 10.5 Å². The Bertz CT molecular complexity index is 552. The van der Waals surface area contributed by atoms with Crippen molar-refractivity contribution in [2.75, 3.05) is 13.2 Å². The summed E-state index contributed by atoms with van der Waals surface area (Å²) in [5.74, 6) is 3.36. The van der Waals surface area contributed by atoms with Gasteiger partial charge in [0, 0.05) is 5.54 Å². The van der Waals surface area contributed by atoms with Crippen LogP contribution in [0.2, 0.25) is 0 Å². The molecule has 29 heavy (non-hydrogen) atoms. The molecule has 0 spiro atoms. The molecular weight excluding hydrogens is 358 g/mol. The Labute approximate surface area is 179 Å². The maximum atomic E-state index is 9.68. The van der Waals surface area contributed by atoms with Crippen LogP contribution in [-0.2, 0) is 6.42 Å². The highest BCUT2D eigenvalue weighted by Gasteiger charge is 2.33. The van der Waals surface area contributed by atoms with E-state index in [4.69, 9.17) is 10.5 Å². The molecule has 3 heteroatoms. The van der Waals surface area contributed by atoms with Crippen molar-refractivity contribution < 1.29 is 9.84 Å². The predicted octanol–water partition coefficient (Wildman–Crippen LogP) is 6.12. The van der Waals surface area contributed by atoms with Gasteiger partial charge in [0.25, 0.3) is 0 Å². The highest BCUT2D eigenvalue weighted by molar-refractivity contribution is 5.27. The van der Waals surface area contributed by atoms with Gasteiger partial charge in [-0.25, -0.2) is 0 Å². The van der Waals surface area contributed by atoms with Crippen molar-refractivity contribution in [2.45, 2.75) is 96.9 Å². The molecule has 0 amide bonds. The molecule has 1 saturated carbocycles. The summed E-state index contributed by atoms with van der Waals surface area (Å²) >= 11 is 0. The molecule has 0 heterocycles. The smallest absolute Gasteiger partial charge is 0.119 e. The van der Waals surface area contributed by atoms with Gasteiger partial charge in [-0.2, -0.15) is 0 Å². The summed E-state index contributed by atoms with van der Waals surface area (Å²) in [7, 11) is 0. The maximum Gasteiger partial charge on any atom is 0.119 e. The van der Waals surface area contributed by atoms with Gasteiger partial charge >= 0.3 is 0 Å². The molecular formula is C26H45NO2. The van der Waals surface area contributed by atoms with Gasteiger partial charge in [-0.1, -0.05) is 71.4 Å². The lowest BCUT2D eigenvalue weighted by atomic mass is 9.88. The van der Waals surface area contributed by atoms with Crippen LogP contribution in [0.15, 0.2) is 24.3 Å². The Morgan fingerprint density at radius 2 is 1.72 bits per heavy atom. The lowest BCUT2D eigenvalue weighted by molar-refractivity contribution is 0.172. The van der Waals surface area contributed by atoms with Crippen LogP contribution >= 0.6 is 0 Å². The van der Waals surface area contributed by atoms with E-state index < -0.39 is 5.54 Å². The lowest BCUT2D eigenvalue weighted by Crippen LogP contribution is -2.44. The average molecular weight is 404 g/mol. The van der Waals surface area contributed by atoms with Gasteiger partial charge < -0.3 is 15.6 Å². The van der Waals surface area contributed by atoms with Crippen molar-refractivity contribution in [1.29, 1.82) is 0 Å². The summed E-state index contributed by atoms with van der Waals surface area (Å²) < 4.78 is 5.92. The number of aryl methyl sites for hydroxylation is 1. The van der Waals surface area contributed by atoms with Crippen molar-refractivity contribution in [3.63, 3.8) is 0 Å². The van der Waals surface area contributed by atoms with E-state index in [1.807, 2.05) is 0 Å². The van der Waals surface area contributed by atoms with Crippen LogP contribution in [0.4, 0.5) is 0 Å². The van der Waals surface area contributed by atoms with Gasteiger partial charge in [-0.3, -0.25) is 0 Å². The van der Waals surface area contributed by atoms with Crippen molar-refractivity contribution in [3.8, 4) is 5.75 Å². The van der Waals surface area contributed by atoms with Gasteiger partial charge in [0.15, 0.2) is 0 Å². The molecule has 1 aliphatic carbocycles. The number of benzene rings is 1. The number of nitrogens with two attached hydrogens (primary N) is 1. The second kappa shape index (κ2) is 12.6. The summed E-state index contributed by atoms with van der Waals surface area (Å²) in [5, 5.41) is 9.68. The minimum atomic E-state index is -0.414. The normalized spacial score (nSPS) is 17.3. The Morgan fingerprint density at radius 3 is 2.34 bits per heavy atom. The van der Waals surface area contributed by atoms with E-state index in [-0.39, 0.29) is 6.61 Å². The first-order valence-corrected chi connectivity index (χ1v) is 12.0. The molecule has 1 aromatic carbocycles. The second-order valence-electron chi connectivity index (χ2n) is 10.1. The van der Waals surface area contributed by atoms with Crippen LogP contribution in [0.5, 0.6) is 5.75 Å². The molecule has 0 bridgehead atoms. The molecule has 0 aliphatic heterocycles. The van der Waals surface area contributed by atoms with Crippen molar-refractivity contribution >= 4 is 0 Å². The molecule has 1 fully saturated rings. The zero-order valence-electron chi connectivity index (χ0n) is 19.2. The zero-order chi connectivity index (χ0) is 21.1. The third kappa shape index (κ3) is 10.5. The van der Waals surface area contributed by atoms with Gasteiger partial charge in [0.2, 0.25) is 0 Å². The fraction of sp³-hybridized carbons (Fsp3) is 0.769. The van der Waals surface area contributed by atoms with Crippen LogP contribution in [0, 0.1) is 17.8 Å². The molecule has 1 aliphatic rings. The van der Waals surface area contributed by atoms with Gasteiger partial charge in [0.05, 0.1) is 13.2 Å². The Hall–Kier alpha value is -1.06. The molecule has 166 valence electrons. The van der Waals surface area contributed by atoms with E-state index in [2.05, 4.69) is 45.0 Å². The first-order chi connectivity index (χ1) is 13.9. The van der Waals surface area contributed by atoms with Crippen molar-refractivity contribution in [2.24, 2.45) is 23.5 Å².